The highest BCUT2D eigenvalue weighted by Crippen LogP contribution is 2.31. The van der Waals surface area contributed by atoms with Gasteiger partial charge < -0.3 is 15.0 Å². The Labute approximate surface area is 95.8 Å². The number of hydrogen-bond donors (Lipinski definition) is 2. The van der Waals surface area contributed by atoms with Gasteiger partial charge in [0, 0.05) is 17.1 Å². The smallest absolute Gasteiger partial charge is 0.142 e. The zero-order valence-corrected chi connectivity index (χ0v) is 10.2. The summed E-state index contributed by atoms with van der Waals surface area (Å²) in [5.41, 5.74) is 3.59. The largest absolute Gasteiger partial charge is 0.495 e. The molecule has 16 heavy (non-hydrogen) atoms. The summed E-state index contributed by atoms with van der Waals surface area (Å²) in [5, 5.41) is 4.48. The molecule has 2 rings (SSSR count). The van der Waals surface area contributed by atoms with E-state index >= 15 is 0 Å². The molecular weight excluding hydrogens is 200 g/mol. The van der Waals surface area contributed by atoms with Crippen molar-refractivity contribution in [3.05, 3.63) is 29.5 Å². The van der Waals surface area contributed by atoms with Crippen molar-refractivity contribution in [2.24, 2.45) is 0 Å². The fourth-order valence-corrected chi connectivity index (χ4v) is 2.09. The molecule has 3 heteroatoms. The van der Waals surface area contributed by atoms with E-state index in [2.05, 4.69) is 30.2 Å². The van der Waals surface area contributed by atoms with Crippen LogP contribution in [0.1, 0.15) is 24.2 Å². The molecule has 2 aromatic rings. The zero-order chi connectivity index (χ0) is 11.7. The summed E-state index contributed by atoms with van der Waals surface area (Å²) in [5.74, 6) is 0.898. The highest BCUT2D eigenvalue weighted by Gasteiger charge is 2.14. The Bertz CT molecular complexity index is 502. The van der Waals surface area contributed by atoms with Crippen LogP contribution in [-0.4, -0.2) is 19.1 Å². The molecule has 0 aliphatic heterocycles. The minimum Gasteiger partial charge on any atom is -0.495 e. The lowest BCUT2D eigenvalue weighted by Gasteiger charge is -2.08. The molecular formula is C13H18N2O. The number of aromatic nitrogens is 1. The molecule has 1 aromatic heterocycles. The summed E-state index contributed by atoms with van der Waals surface area (Å²) in [6, 6.07) is 6.44. The maximum Gasteiger partial charge on any atom is 0.142 e. The monoisotopic (exact) mass is 218 g/mol. The maximum absolute atomic E-state index is 5.36. The van der Waals surface area contributed by atoms with Gasteiger partial charge in [0.05, 0.1) is 12.6 Å². The van der Waals surface area contributed by atoms with E-state index in [0.717, 1.165) is 11.3 Å². The lowest BCUT2D eigenvalue weighted by molar-refractivity contribution is 0.419. The predicted molar refractivity (Wildman–Crippen MR) is 67.1 cm³/mol. The SMILES string of the molecule is CNC(C)c1[nH]c2c(OC)cccc2c1C. The lowest BCUT2D eigenvalue weighted by Crippen LogP contribution is -2.13. The molecule has 0 fully saturated rings. The molecule has 0 saturated carbocycles. The number of H-pyrrole nitrogens is 1. The average molecular weight is 218 g/mol. The van der Waals surface area contributed by atoms with E-state index < -0.39 is 0 Å². The number of ether oxygens (including phenoxy) is 1. The zero-order valence-electron chi connectivity index (χ0n) is 10.2. The Morgan fingerprint density at radius 1 is 1.38 bits per heavy atom. The molecule has 1 aromatic carbocycles. The third-order valence-corrected chi connectivity index (χ3v) is 3.18. The van der Waals surface area contributed by atoms with Crippen LogP contribution >= 0.6 is 0 Å². The van der Waals surface area contributed by atoms with Gasteiger partial charge in [-0.15, -0.1) is 0 Å². The normalized spacial score (nSPS) is 13.0. The topological polar surface area (TPSA) is 37.0 Å². The van der Waals surface area contributed by atoms with Crippen LogP contribution in [-0.2, 0) is 0 Å². The first-order valence-electron chi connectivity index (χ1n) is 5.51. The van der Waals surface area contributed by atoms with Gasteiger partial charge >= 0.3 is 0 Å². The molecule has 3 nitrogen and oxygen atoms in total. The molecule has 0 saturated heterocycles. The number of fused-ring (bicyclic) bond motifs is 1. The van der Waals surface area contributed by atoms with Crippen molar-refractivity contribution in [1.29, 1.82) is 0 Å². The van der Waals surface area contributed by atoms with Crippen molar-refractivity contribution < 1.29 is 4.74 Å². The van der Waals surface area contributed by atoms with Gasteiger partial charge in [-0.1, -0.05) is 12.1 Å². The molecule has 0 radical (unpaired) electrons. The van der Waals surface area contributed by atoms with Crippen LogP contribution in [0.15, 0.2) is 18.2 Å². The number of benzene rings is 1. The summed E-state index contributed by atoms with van der Waals surface area (Å²) < 4.78 is 5.36. The van der Waals surface area contributed by atoms with Gasteiger partial charge in [0.2, 0.25) is 0 Å². The van der Waals surface area contributed by atoms with Crippen molar-refractivity contribution >= 4 is 10.9 Å². The van der Waals surface area contributed by atoms with Crippen molar-refractivity contribution in [3.63, 3.8) is 0 Å². The lowest BCUT2D eigenvalue weighted by atomic mass is 10.1. The van der Waals surface area contributed by atoms with Gasteiger partial charge in [-0.25, -0.2) is 0 Å². The van der Waals surface area contributed by atoms with Crippen molar-refractivity contribution in [2.75, 3.05) is 14.2 Å². The molecule has 0 bridgehead atoms. The fourth-order valence-electron chi connectivity index (χ4n) is 2.09. The standard InChI is InChI=1S/C13H18N2O/c1-8-10-6-5-7-11(16-4)13(10)15-12(8)9(2)14-3/h5-7,9,14-15H,1-4H3. The number of aromatic amines is 1. The second-order valence-electron chi connectivity index (χ2n) is 4.06. The highest BCUT2D eigenvalue weighted by molar-refractivity contribution is 5.89. The quantitative estimate of drug-likeness (QED) is 0.831. The van der Waals surface area contributed by atoms with Gasteiger partial charge in [0.15, 0.2) is 0 Å². The van der Waals surface area contributed by atoms with Gasteiger partial charge in [-0.3, -0.25) is 0 Å². The van der Waals surface area contributed by atoms with Gasteiger partial charge in [0.1, 0.15) is 5.75 Å². The molecule has 0 aliphatic rings. The van der Waals surface area contributed by atoms with Crippen molar-refractivity contribution in [3.8, 4) is 5.75 Å². The number of hydrogen-bond acceptors (Lipinski definition) is 2. The Morgan fingerprint density at radius 3 is 2.75 bits per heavy atom. The van der Waals surface area contributed by atoms with Gasteiger partial charge in [-0.2, -0.15) is 0 Å². The van der Waals surface area contributed by atoms with Crippen molar-refractivity contribution in [2.45, 2.75) is 19.9 Å². The average Bonchev–Trinajstić information content (AvgIpc) is 2.66. The van der Waals surface area contributed by atoms with E-state index in [4.69, 9.17) is 4.74 Å². The number of aryl methyl sites for hydroxylation is 1. The third-order valence-electron chi connectivity index (χ3n) is 3.18. The molecule has 86 valence electrons. The molecule has 1 unspecified atom stereocenters. The van der Waals surface area contributed by atoms with Crippen LogP contribution in [0, 0.1) is 6.92 Å². The van der Waals surface area contributed by atoms with Crippen LogP contribution in [0.2, 0.25) is 0 Å². The molecule has 0 amide bonds. The first-order chi connectivity index (χ1) is 7.69. The van der Waals surface area contributed by atoms with E-state index in [9.17, 15) is 0 Å². The van der Waals surface area contributed by atoms with E-state index in [1.54, 1.807) is 7.11 Å². The minimum absolute atomic E-state index is 0.317. The molecule has 0 aliphatic carbocycles. The minimum atomic E-state index is 0.317. The summed E-state index contributed by atoms with van der Waals surface area (Å²) in [4.78, 5) is 3.45. The number of nitrogens with one attached hydrogen (secondary N) is 2. The van der Waals surface area contributed by atoms with Crippen LogP contribution in [0.3, 0.4) is 0 Å². The Kier molecular flexibility index (Phi) is 2.88. The fraction of sp³-hybridized carbons (Fsp3) is 0.385. The highest BCUT2D eigenvalue weighted by atomic mass is 16.5. The van der Waals surface area contributed by atoms with E-state index in [1.807, 2.05) is 19.2 Å². The van der Waals surface area contributed by atoms with Gasteiger partial charge in [-0.05, 0) is 32.5 Å². The maximum atomic E-state index is 5.36. The van der Waals surface area contributed by atoms with E-state index in [0.29, 0.717) is 6.04 Å². The Balaban J connectivity index is 2.67. The summed E-state index contributed by atoms with van der Waals surface area (Å²) in [6.45, 7) is 4.28. The summed E-state index contributed by atoms with van der Waals surface area (Å²) in [6.07, 6.45) is 0. The predicted octanol–water partition coefficient (Wildman–Crippen LogP) is 2.77. The van der Waals surface area contributed by atoms with Crippen molar-refractivity contribution in [1.82, 2.24) is 10.3 Å². The van der Waals surface area contributed by atoms with E-state index in [1.165, 1.54) is 16.6 Å². The first-order valence-corrected chi connectivity index (χ1v) is 5.51. The Hall–Kier alpha value is -1.48. The van der Waals surface area contributed by atoms with E-state index in [-0.39, 0.29) is 0 Å². The number of methoxy groups -OCH3 is 1. The first kappa shape index (κ1) is 11.0. The Morgan fingerprint density at radius 2 is 2.12 bits per heavy atom. The molecule has 1 heterocycles. The third kappa shape index (κ3) is 1.57. The number of para-hydroxylation sites is 1. The number of rotatable bonds is 3. The van der Waals surface area contributed by atoms with Crippen LogP contribution in [0.25, 0.3) is 10.9 Å². The molecule has 2 N–H and O–H groups in total. The summed E-state index contributed by atoms with van der Waals surface area (Å²) >= 11 is 0. The van der Waals surface area contributed by atoms with Crippen LogP contribution < -0.4 is 10.1 Å². The van der Waals surface area contributed by atoms with Crippen LogP contribution in [0.5, 0.6) is 5.75 Å². The van der Waals surface area contributed by atoms with Crippen LogP contribution in [0.4, 0.5) is 0 Å². The molecule has 1 atom stereocenters. The molecule has 0 spiro atoms. The second-order valence-corrected chi connectivity index (χ2v) is 4.06. The second kappa shape index (κ2) is 4.18. The van der Waals surface area contributed by atoms with Gasteiger partial charge in [0.25, 0.3) is 0 Å². The summed E-state index contributed by atoms with van der Waals surface area (Å²) in [7, 11) is 3.67.